The second kappa shape index (κ2) is 9.98. The van der Waals surface area contributed by atoms with Gasteiger partial charge in [0.25, 0.3) is 5.91 Å². The van der Waals surface area contributed by atoms with E-state index in [1.165, 1.54) is 11.0 Å². The molecule has 0 fully saturated rings. The number of hydrogen-bond donors (Lipinski definition) is 1. The van der Waals surface area contributed by atoms with Crippen molar-refractivity contribution in [1.29, 1.82) is 0 Å². The first-order valence-electron chi connectivity index (χ1n) is 10.0. The maximum atomic E-state index is 13.0. The molecular formula is C24H26N2O4. The number of ether oxygens (including phenoxy) is 1. The minimum absolute atomic E-state index is 0.0515. The first kappa shape index (κ1) is 21.5. The van der Waals surface area contributed by atoms with Crippen molar-refractivity contribution >= 4 is 17.8 Å². The zero-order valence-electron chi connectivity index (χ0n) is 17.2. The zero-order chi connectivity index (χ0) is 21.5. The molecule has 6 nitrogen and oxygen atoms in total. The Labute approximate surface area is 176 Å². The Morgan fingerprint density at radius 1 is 1.20 bits per heavy atom. The molecule has 0 unspecified atom stereocenters. The fourth-order valence-electron chi connectivity index (χ4n) is 3.36. The number of benzene rings is 1. The highest BCUT2D eigenvalue weighted by Gasteiger charge is 2.43. The Hall–Kier alpha value is -3.25. The van der Waals surface area contributed by atoms with E-state index in [1.54, 1.807) is 30.5 Å². The van der Waals surface area contributed by atoms with Gasteiger partial charge in [0.15, 0.2) is 11.5 Å². The molecule has 30 heavy (non-hydrogen) atoms. The fraction of sp³-hybridized carbons (Fsp3) is 0.292. The van der Waals surface area contributed by atoms with Crippen molar-refractivity contribution < 1.29 is 19.4 Å². The van der Waals surface area contributed by atoms with Gasteiger partial charge in [0.1, 0.15) is 6.04 Å². The second-order valence-electron chi connectivity index (χ2n) is 7.30. The highest BCUT2D eigenvalue weighted by Crippen LogP contribution is 2.37. The summed E-state index contributed by atoms with van der Waals surface area (Å²) in [6, 6.07) is 14.0. The fourth-order valence-corrected chi connectivity index (χ4v) is 3.36. The highest BCUT2D eigenvalue weighted by molar-refractivity contribution is 6.14. The molecule has 3 rings (SSSR count). The summed E-state index contributed by atoms with van der Waals surface area (Å²) in [4.78, 5) is 31.6. The number of aliphatic hydroxyl groups excluding tert-OH is 1. The molecule has 0 saturated heterocycles. The summed E-state index contributed by atoms with van der Waals surface area (Å²) in [5.74, 6) is -1.49. The van der Waals surface area contributed by atoms with Gasteiger partial charge in [-0.2, -0.15) is 0 Å². The van der Waals surface area contributed by atoms with Crippen molar-refractivity contribution in [2.24, 2.45) is 0 Å². The first-order valence-corrected chi connectivity index (χ1v) is 10.0. The van der Waals surface area contributed by atoms with Gasteiger partial charge in [0.05, 0.1) is 17.4 Å². The molecule has 6 heteroatoms. The van der Waals surface area contributed by atoms with E-state index in [0.29, 0.717) is 25.3 Å². The lowest BCUT2D eigenvalue weighted by molar-refractivity contribution is -0.129. The smallest absolute Gasteiger partial charge is 0.290 e. The Morgan fingerprint density at radius 3 is 2.60 bits per heavy atom. The third-order valence-electron chi connectivity index (χ3n) is 4.76. The number of amides is 1. The predicted octanol–water partition coefficient (Wildman–Crippen LogP) is 3.87. The van der Waals surface area contributed by atoms with Crippen LogP contribution in [0.25, 0.3) is 6.08 Å². The topological polar surface area (TPSA) is 79.7 Å². The molecule has 156 valence electrons. The van der Waals surface area contributed by atoms with Gasteiger partial charge >= 0.3 is 0 Å². The summed E-state index contributed by atoms with van der Waals surface area (Å²) in [6.07, 6.45) is 5.34. The normalized spacial score (nSPS) is 16.8. The van der Waals surface area contributed by atoms with E-state index in [2.05, 4.69) is 4.98 Å². The molecule has 2 aromatic rings. The SMILES string of the molecule is CC(C)OCCCN1C(=O)C(O)=C(C(=O)/C=C/c2ccccc2)[C@H]1c1ccccn1. The number of carbonyl (C=O) groups excluding carboxylic acids is 2. The molecule has 1 atom stereocenters. The first-order chi connectivity index (χ1) is 14.5. The summed E-state index contributed by atoms with van der Waals surface area (Å²) in [5.41, 5.74) is 1.44. The lowest BCUT2D eigenvalue weighted by atomic mass is 9.99. The Kier molecular flexibility index (Phi) is 7.14. The Balaban J connectivity index is 1.86. The van der Waals surface area contributed by atoms with Gasteiger partial charge in [-0.05, 0) is 44.0 Å². The largest absolute Gasteiger partial charge is 0.503 e. The average Bonchev–Trinajstić information content (AvgIpc) is 3.01. The lowest BCUT2D eigenvalue weighted by Gasteiger charge is -2.25. The predicted molar refractivity (Wildman–Crippen MR) is 115 cm³/mol. The summed E-state index contributed by atoms with van der Waals surface area (Å²) in [6.45, 7) is 4.71. The number of rotatable bonds is 9. The van der Waals surface area contributed by atoms with Crippen LogP contribution in [0.2, 0.25) is 0 Å². The monoisotopic (exact) mass is 406 g/mol. The Bertz CT molecular complexity index is 936. The molecular weight excluding hydrogens is 380 g/mol. The minimum Gasteiger partial charge on any atom is -0.503 e. The zero-order valence-corrected chi connectivity index (χ0v) is 17.2. The van der Waals surface area contributed by atoms with E-state index in [9.17, 15) is 14.7 Å². The second-order valence-corrected chi connectivity index (χ2v) is 7.30. The van der Waals surface area contributed by atoms with Crippen LogP contribution in [-0.2, 0) is 14.3 Å². The summed E-state index contributed by atoms with van der Waals surface area (Å²) >= 11 is 0. The molecule has 0 spiro atoms. The molecule has 2 heterocycles. The molecule has 1 N–H and O–H groups in total. The van der Waals surface area contributed by atoms with Crippen LogP contribution in [0.15, 0.2) is 72.1 Å². The van der Waals surface area contributed by atoms with Gasteiger partial charge in [-0.3, -0.25) is 14.6 Å². The van der Waals surface area contributed by atoms with Gasteiger partial charge < -0.3 is 14.7 Å². The van der Waals surface area contributed by atoms with Crippen LogP contribution in [0.5, 0.6) is 0 Å². The quantitative estimate of drug-likeness (QED) is 0.505. The van der Waals surface area contributed by atoms with Crippen LogP contribution < -0.4 is 0 Å². The van der Waals surface area contributed by atoms with Gasteiger partial charge in [0.2, 0.25) is 0 Å². The number of aromatic nitrogens is 1. The summed E-state index contributed by atoms with van der Waals surface area (Å²) in [5, 5.41) is 10.5. The molecule has 1 aromatic carbocycles. The van der Waals surface area contributed by atoms with Crippen LogP contribution in [0, 0.1) is 0 Å². The van der Waals surface area contributed by atoms with E-state index in [4.69, 9.17) is 4.74 Å². The molecule has 0 radical (unpaired) electrons. The van der Waals surface area contributed by atoms with E-state index in [1.807, 2.05) is 44.2 Å². The average molecular weight is 406 g/mol. The van der Waals surface area contributed by atoms with Crippen molar-refractivity contribution in [3.05, 3.63) is 83.4 Å². The molecule has 0 saturated carbocycles. The molecule has 1 aliphatic heterocycles. The van der Waals surface area contributed by atoms with Crippen molar-refractivity contribution in [2.45, 2.75) is 32.4 Å². The van der Waals surface area contributed by atoms with Crippen molar-refractivity contribution in [1.82, 2.24) is 9.88 Å². The third-order valence-corrected chi connectivity index (χ3v) is 4.76. The molecule has 1 amide bonds. The van der Waals surface area contributed by atoms with Gasteiger partial charge in [-0.1, -0.05) is 42.5 Å². The van der Waals surface area contributed by atoms with Crippen LogP contribution in [0.1, 0.15) is 37.6 Å². The van der Waals surface area contributed by atoms with Crippen molar-refractivity contribution in [3.63, 3.8) is 0 Å². The van der Waals surface area contributed by atoms with Crippen LogP contribution in [0.3, 0.4) is 0 Å². The number of pyridine rings is 1. The van der Waals surface area contributed by atoms with Gasteiger partial charge in [-0.15, -0.1) is 0 Å². The van der Waals surface area contributed by atoms with Crippen LogP contribution in [0.4, 0.5) is 0 Å². The van der Waals surface area contributed by atoms with Crippen molar-refractivity contribution in [2.75, 3.05) is 13.2 Å². The molecule has 1 aromatic heterocycles. The number of aliphatic hydroxyl groups is 1. The van der Waals surface area contributed by atoms with E-state index < -0.39 is 23.5 Å². The summed E-state index contributed by atoms with van der Waals surface area (Å²) < 4.78 is 5.56. The van der Waals surface area contributed by atoms with E-state index in [-0.39, 0.29) is 11.7 Å². The molecule has 1 aliphatic rings. The maximum Gasteiger partial charge on any atom is 0.290 e. The molecule has 0 bridgehead atoms. The van der Waals surface area contributed by atoms with Crippen LogP contribution in [-0.4, -0.2) is 45.9 Å². The maximum absolute atomic E-state index is 13.0. The number of hydrogen-bond acceptors (Lipinski definition) is 5. The van der Waals surface area contributed by atoms with Gasteiger partial charge in [-0.25, -0.2) is 0 Å². The standard InChI is InChI=1S/C24H26N2O4/c1-17(2)30-16-8-15-26-22(19-11-6-7-14-25-19)21(23(28)24(26)29)20(27)13-12-18-9-4-3-5-10-18/h3-7,9-14,17,22,28H,8,15-16H2,1-2H3/b13-12+/t22-/m1/s1. The van der Waals surface area contributed by atoms with E-state index in [0.717, 1.165) is 5.56 Å². The number of nitrogens with zero attached hydrogens (tertiary/aromatic N) is 2. The highest BCUT2D eigenvalue weighted by atomic mass is 16.5. The minimum atomic E-state index is -0.731. The third kappa shape index (κ3) is 5.02. The van der Waals surface area contributed by atoms with Crippen molar-refractivity contribution in [3.8, 4) is 0 Å². The van der Waals surface area contributed by atoms with Gasteiger partial charge in [0, 0.05) is 19.3 Å². The number of carbonyl (C=O) groups is 2. The summed E-state index contributed by atoms with van der Waals surface area (Å²) in [7, 11) is 0. The number of ketones is 1. The van der Waals surface area contributed by atoms with Crippen LogP contribution >= 0.6 is 0 Å². The molecule has 0 aliphatic carbocycles. The lowest BCUT2D eigenvalue weighted by Crippen LogP contribution is -2.33. The number of allylic oxidation sites excluding steroid dienone is 1. The van der Waals surface area contributed by atoms with E-state index >= 15 is 0 Å². The Morgan fingerprint density at radius 2 is 1.93 bits per heavy atom.